The number of hydrogen-bond acceptors (Lipinski definition) is 4. The Morgan fingerprint density at radius 2 is 2.26 bits per heavy atom. The molecular formula is C14H12N2O2S. The summed E-state index contributed by atoms with van der Waals surface area (Å²) < 4.78 is 5.41. The molecule has 1 aromatic carbocycles. The van der Waals surface area contributed by atoms with Gasteiger partial charge < -0.3 is 9.73 Å². The Kier molecular flexibility index (Phi) is 3.05. The smallest absolute Gasteiger partial charge is 0.230 e. The summed E-state index contributed by atoms with van der Waals surface area (Å²) in [5, 5.41) is 6.31. The standard InChI is InChI=1S/C14H12N2O2S/c1-9-8-19-14(15-9)16-13(17)6-10-7-18-12-5-3-2-4-11(10)12/h2-5,7-8H,6H2,1H3,(H,15,16,17). The maximum absolute atomic E-state index is 11.9. The van der Waals surface area contributed by atoms with Crippen LogP contribution in [0, 0.1) is 6.92 Å². The second-order valence-corrected chi connectivity index (χ2v) is 5.13. The second kappa shape index (κ2) is 4.85. The van der Waals surface area contributed by atoms with E-state index >= 15 is 0 Å². The number of furan rings is 1. The molecule has 4 nitrogen and oxygen atoms in total. The average Bonchev–Trinajstić information content (AvgIpc) is 2.97. The molecule has 0 aliphatic heterocycles. The van der Waals surface area contributed by atoms with Crippen molar-refractivity contribution in [1.29, 1.82) is 0 Å². The van der Waals surface area contributed by atoms with Gasteiger partial charge in [0.1, 0.15) is 5.58 Å². The van der Waals surface area contributed by atoms with E-state index in [1.54, 1.807) is 6.26 Å². The quantitative estimate of drug-likeness (QED) is 0.795. The van der Waals surface area contributed by atoms with Crippen molar-refractivity contribution >= 4 is 33.3 Å². The first-order valence-electron chi connectivity index (χ1n) is 5.89. The molecule has 0 saturated carbocycles. The van der Waals surface area contributed by atoms with Crippen molar-refractivity contribution in [3.63, 3.8) is 0 Å². The monoisotopic (exact) mass is 272 g/mol. The number of carbonyl (C=O) groups is 1. The van der Waals surface area contributed by atoms with E-state index < -0.39 is 0 Å². The number of para-hydroxylation sites is 1. The number of aryl methyl sites for hydroxylation is 1. The number of carbonyl (C=O) groups excluding carboxylic acids is 1. The van der Waals surface area contributed by atoms with Gasteiger partial charge in [0.05, 0.1) is 18.4 Å². The highest BCUT2D eigenvalue weighted by Gasteiger charge is 2.11. The lowest BCUT2D eigenvalue weighted by Crippen LogP contribution is -2.13. The summed E-state index contributed by atoms with van der Waals surface area (Å²) in [6.07, 6.45) is 1.92. The molecule has 2 heterocycles. The van der Waals surface area contributed by atoms with E-state index in [4.69, 9.17) is 4.42 Å². The Bertz CT molecular complexity index is 730. The third kappa shape index (κ3) is 2.51. The predicted octanol–water partition coefficient (Wildman–Crippen LogP) is 3.38. The normalized spacial score (nSPS) is 10.8. The van der Waals surface area contributed by atoms with Crippen LogP contribution in [0.5, 0.6) is 0 Å². The SMILES string of the molecule is Cc1csc(NC(=O)Cc2coc3ccccc23)n1. The molecule has 0 unspecified atom stereocenters. The molecule has 1 amide bonds. The van der Waals surface area contributed by atoms with Crippen LogP contribution in [0.15, 0.2) is 40.3 Å². The van der Waals surface area contributed by atoms with Gasteiger partial charge in [0.25, 0.3) is 0 Å². The molecule has 3 rings (SSSR count). The number of amides is 1. The topological polar surface area (TPSA) is 55.1 Å². The van der Waals surface area contributed by atoms with Crippen molar-refractivity contribution < 1.29 is 9.21 Å². The minimum absolute atomic E-state index is 0.0825. The first kappa shape index (κ1) is 11.9. The molecule has 0 aliphatic rings. The molecule has 0 atom stereocenters. The first-order chi connectivity index (χ1) is 9.22. The molecule has 0 aliphatic carbocycles. The van der Waals surface area contributed by atoms with E-state index in [9.17, 15) is 4.79 Å². The molecule has 3 aromatic rings. The van der Waals surface area contributed by atoms with Gasteiger partial charge in [-0.25, -0.2) is 4.98 Å². The van der Waals surface area contributed by atoms with Crippen LogP contribution in [0.2, 0.25) is 0 Å². The van der Waals surface area contributed by atoms with Gasteiger partial charge in [-0.2, -0.15) is 0 Å². The Balaban J connectivity index is 1.76. The molecule has 0 spiro atoms. The van der Waals surface area contributed by atoms with Crippen LogP contribution in [0.1, 0.15) is 11.3 Å². The summed E-state index contributed by atoms with van der Waals surface area (Å²) >= 11 is 1.43. The zero-order chi connectivity index (χ0) is 13.2. The number of benzene rings is 1. The summed E-state index contributed by atoms with van der Waals surface area (Å²) in [6.45, 7) is 1.90. The number of nitrogens with zero attached hydrogens (tertiary/aromatic N) is 1. The molecule has 19 heavy (non-hydrogen) atoms. The highest BCUT2D eigenvalue weighted by molar-refractivity contribution is 7.13. The Morgan fingerprint density at radius 1 is 1.42 bits per heavy atom. The Morgan fingerprint density at radius 3 is 3.05 bits per heavy atom. The van der Waals surface area contributed by atoms with Crippen molar-refractivity contribution in [2.45, 2.75) is 13.3 Å². The van der Waals surface area contributed by atoms with E-state index in [0.717, 1.165) is 22.2 Å². The van der Waals surface area contributed by atoms with Gasteiger partial charge in [-0.3, -0.25) is 4.79 Å². The number of aromatic nitrogens is 1. The van der Waals surface area contributed by atoms with E-state index in [1.165, 1.54) is 11.3 Å². The lowest BCUT2D eigenvalue weighted by atomic mass is 10.1. The third-order valence-corrected chi connectivity index (χ3v) is 3.65. The lowest BCUT2D eigenvalue weighted by molar-refractivity contribution is -0.115. The highest BCUT2D eigenvalue weighted by atomic mass is 32.1. The molecule has 0 fully saturated rings. The number of hydrogen-bond donors (Lipinski definition) is 1. The maximum Gasteiger partial charge on any atom is 0.230 e. The number of thiazole rings is 1. The summed E-state index contributed by atoms with van der Waals surface area (Å²) in [7, 11) is 0. The van der Waals surface area contributed by atoms with Crippen molar-refractivity contribution in [3.05, 3.63) is 47.2 Å². The van der Waals surface area contributed by atoms with Crippen molar-refractivity contribution in [2.24, 2.45) is 0 Å². The zero-order valence-corrected chi connectivity index (χ0v) is 11.2. The maximum atomic E-state index is 11.9. The van der Waals surface area contributed by atoms with Crippen molar-refractivity contribution in [2.75, 3.05) is 5.32 Å². The molecule has 1 N–H and O–H groups in total. The van der Waals surface area contributed by atoms with Crippen molar-refractivity contribution in [1.82, 2.24) is 4.98 Å². The van der Waals surface area contributed by atoms with Crippen LogP contribution < -0.4 is 5.32 Å². The molecule has 2 aromatic heterocycles. The fourth-order valence-corrected chi connectivity index (χ4v) is 2.62. The van der Waals surface area contributed by atoms with Crippen LogP contribution in [0.4, 0.5) is 5.13 Å². The summed E-state index contributed by atoms with van der Waals surface area (Å²) in [4.78, 5) is 16.2. The van der Waals surface area contributed by atoms with Crippen LogP contribution >= 0.6 is 11.3 Å². The van der Waals surface area contributed by atoms with E-state index in [-0.39, 0.29) is 12.3 Å². The van der Waals surface area contributed by atoms with Gasteiger partial charge in [-0.1, -0.05) is 18.2 Å². The van der Waals surface area contributed by atoms with Gasteiger partial charge >= 0.3 is 0 Å². The van der Waals surface area contributed by atoms with Gasteiger partial charge in [0, 0.05) is 16.3 Å². The molecule has 0 bridgehead atoms. The highest BCUT2D eigenvalue weighted by Crippen LogP contribution is 2.22. The minimum Gasteiger partial charge on any atom is -0.464 e. The van der Waals surface area contributed by atoms with E-state index in [1.807, 2.05) is 36.6 Å². The Hall–Kier alpha value is -2.14. The van der Waals surface area contributed by atoms with Crippen molar-refractivity contribution in [3.8, 4) is 0 Å². The van der Waals surface area contributed by atoms with Gasteiger partial charge in [0.2, 0.25) is 5.91 Å². The molecule has 0 saturated heterocycles. The minimum atomic E-state index is -0.0825. The summed E-state index contributed by atoms with van der Waals surface area (Å²) in [5.74, 6) is -0.0825. The second-order valence-electron chi connectivity index (χ2n) is 4.28. The largest absolute Gasteiger partial charge is 0.464 e. The molecule has 5 heteroatoms. The fourth-order valence-electron chi connectivity index (χ4n) is 1.92. The van der Waals surface area contributed by atoms with Gasteiger partial charge in [-0.05, 0) is 13.0 Å². The summed E-state index contributed by atoms with van der Waals surface area (Å²) in [6, 6.07) is 7.69. The fraction of sp³-hybridized carbons (Fsp3) is 0.143. The summed E-state index contributed by atoms with van der Waals surface area (Å²) in [5.41, 5.74) is 2.60. The van der Waals surface area contributed by atoms with Crippen LogP contribution in [-0.4, -0.2) is 10.9 Å². The van der Waals surface area contributed by atoms with Crippen LogP contribution in [0.25, 0.3) is 11.0 Å². The number of anilines is 1. The molecular weight excluding hydrogens is 260 g/mol. The Labute approximate surface area is 114 Å². The zero-order valence-electron chi connectivity index (χ0n) is 10.3. The first-order valence-corrected chi connectivity index (χ1v) is 6.77. The van der Waals surface area contributed by atoms with Gasteiger partial charge in [0.15, 0.2) is 5.13 Å². The van der Waals surface area contributed by atoms with Crippen LogP contribution in [-0.2, 0) is 11.2 Å². The lowest BCUT2D eigenvalue weighted by Gasteiger charge is -2.00. The number of rotatable bonds is 3. The van der Waals surface area contributed by atoms with Gasteiger partial charge in [-0.15, -0.1) is 11.3 Å². The number of nitrogens with one attached hydrogen (secondary N) is 1. The van der Waals surface area contributed by atoms with Crippen LogP contribution in [0.3, 0.4) is 0 Å². The van der Waals surface area contributed by atoms with E-state index in [2.05, 4.69) is 10.3 Å². The average molecular weight is 272 g/mol. The van der Waals surface area contributed by atoms with E-state index in [0.29, 0.717) is 5.13 Å². The third-order valence-electron chi connectivity index (χ3n) is 2.78. The number of fused-ring (bicyclic) bond motifs is 1. The molecule has 0 radical (unpaired) electrons. The molecule has 96 valence electrons. The predicted molar refractivity (Wildman–Crippen MR) is 75.4 cm³/mol.